The molecule has 2 rings (SSSR count). The third kappa shape index (κ3) is 3.01. The third-order valence-electron chi connectivity index (χ3n) is 2.52. The van der Waals surface area contributed by atoms with Crippen LogP contribution >= 0.6 is 0 Å². The molecular formula is C14H12FNO3. The SMILES string of the molecule is Cc1cc(F)cc(NC(=O)c2cc(O)ccc2O)c1. The molecule has 0 radical (unpaired) electrons. The molecule has 0 spiro atoms. The Hall–Kier alpha value is -2.56. The van der Waals surface area contributed by atoms with Crippen LogP contribution in [-0.4, -0.2) is 16.1 Å². The fraction of sp³-hybridized carbons (Fsp3) is 0.0714. The molecule has 5 heteroatoms. The van der Waals surface area contributed by atoms with Crippen molar-refractivity contribution in [1.29, 1.82) is 0 Å². The van der Waals surface area contributed by atoms with Gasteiger partial charge in [0.15, 0.2) is 0 Å². The van der Waals surface area contributed by atoms with Crippen molar-refractivity contribution in [3.63, 3.8) is 0 Å². The largest absolute Gasteiger partial charge is 0.508 e. The van der Waals surface area contributed by atoms with Gasteiger partial charge in [0.2, 0.25) is 0 Å². The summed E-state index contributed by atoms with van der Waals surface area (Å²) >= 11 is 0. The van der Waals surface area contributed by atoms with Crippen LogP contribution in [0, 0.1) is 12.7 Å². The summed E-state index contributed by atoms with van der Waals surface area (Å²) in [5.41, 5.74) is 0.864. The monoisotopic (exact) mass is 261 g/mol. The first-order chi connectivity index (χ1) is 8.95. The van der Waals surface area contributed by atoms with Crippen molar-refractivity contribution in [3.05, 3.63) is 53.3 Å². The highest BCUT2D eigenvalue weighted by Crippen LogP contribution is 2.23. The van der Waals surface area contributed by atoms with Crippen molar-refractivity contribution in [3.8, 4) is 11.5 Å². The Labute approximate surface area is 109 Å². The lowest BCUT2D eigenvalue weighted by atomic mass is 10.1. The van der Waals surface area contributed by atoms with Gasteiger partial charge in [0.1, 0.15) is 17.3 Å². The van der Waals surface area contributed by atoms with E-state index in [0.717, 1.165) is 6.07 Å². The lowest BCUT2D eigenvalue weighted by molar-refractivity contribution is 0.102. The Bertz CT molecular complexity index is 620. The highest BCUT2D eigenvalue weighted by atomic mass is 19.1. The average Bonchev–Trinajstić information content (AvgIpc) is 2.30. The molecule has 0 aliphatic rings. The van der Waals surface area contributed by atoms with E-state index in [-0.39, 0.29) is 22.7 Å². The van der Waals surface area contributed by atoms with Gasteiger partial charge in [0.05, 0.1) is 5.56 Å². The molecule has 0 saturated heterocycles. The van der Waals surface area contributed by atoms with Crippen LogP contribution in [0.15, 0.2) is 36.4 Å². The van der Waals surface area contributed by atoms with Crippen LogP contribution in [-0.2, 0) is 0 Å². The van der Waals surface area contributed by atoms with Gasteiger partial charge in [0.25, 0.3) is 5.91 Å². The number of phenolic OH excluding ortho intramolecular Hbond substituents is 2. The maximum Gasteiger partial charge on any atom is 0.259 e. The second kappa shape index (κ2) is 4.97. The molecule has 0 fully saturated rings. The number of nitrogens with one attached hydrogen (secondary N) is 1. The van der Waals surface area contributed by atoms with E-state index >= 15 is 0 Å². The first-order valence-electron chi connectivity index (χ1n) is 5.56. The highest BCUT2D eigenvalue weighted by Gasteiger charge is 2.12. The summed E-state index contributed by atoms with van der Waals surface area (Å²) in [6.07, 6.45) is 0. The van der Waals surface area contributed by atoms with E-state index in [9.17, 15) is 19.4 Å². The summed E-state index contributed by atoms with van der Waals surface area (Å²) < 4.78 is 13.2. The van der Waals surface area contributed by atoms with Crippen molar-refractivity contribution in [1.82, 2.24) is 0 Å². The molecule has 98 valence electrons. The smallest absolute Gasteiger partial charge is 0.259 e. The molecule has 4 nitrogen and oxygen atoms in total. The molecule has 19 heavy (non-hydrogen) atoms. The quantitative estimate of drug-likeness (QED) is 0.728. The van der Waals surface area contributed by atoms with E-state index in [2.05, 4.69) is 5.32 Å². The molecule has 0 aliphatic heterocycles. The molecular weight excluding hydrogens is 249 g/mol. The number of amides is 1. The number of rotatable bonds is 2. The van der Waals surface area contributed by atoms with Crippen molar-refractivity contribution in [2.24, 2.45) is 0 Å². The van der Waals surface area contributed by atoms with Crippen LogP contribution in [0.2, 0.25) is 0 Å². The number of benzene rings is 2. The zero-order chi connectivity index (χ0) is 14.0. The van der Waals surface area contributed by atoms with E-state index in [0.29, 0.717) is 5.56 Å². The standard InChI is InChI=1S/C14H12FNO3/c1-8-4-9(15)6-10(5-8)16-14(19)12-7-11(17)2-3-13(12)18/h2-7,17-18H,1H3,(H,16,19). The Kier molecular flexibility index (Phi) is 3.37. The molecule has 0 unspecified atom stereocenters. The number of halogens is 1. The molecule has 0 aliphatic carbocycles. The van der Waals surface area contributed by atoms with E-state index in [1.807, 2.05) is 0 Å². The number of hydrogen-bond donors (Lipinski definition) is 3. The van der Waals surface area contributed by atoms with Gasteiger partial charge in [-0.1, -0.05) is 0 Å². The minimum atomic E-state index is -0.626. The maximum atomic E-state index is 13.2. The number of hydrogen-bond acceptors (Lipinski definition) is 3. The summed E-state index contributed by atoms with van der Waals surface area (Å²) in [4.78, 5) is 11.9. The average molecular weight is 261 g/mol. The highest BCUT2D eigenvalue weighted by molar-refractivity contribution is 6.06. The molecule has 0 atom stereocenters. The second-order valence-electron chi connectivity index (χ2n) is 4.17. The van der Waals surface area contributed by atoms with E-state index < -0.39 is 11.7 Å². The Morgan fingerprint density at radius 3 is 2.58 bits per heavy atom. The number of carbonyl (C=O) groups is 1. The van der Waals surface area contributed by atoms with Gasteiger partial charge in [-0.15, -0.1) is 0 Å². The first-order valence-corrected chi connectivity index (χ1v) is 5.56. The summed E-state index contributed by atoms with van der Waals surface area (Å²) in [6, 6.07) is 7.71. The molecule has 2 aromatic rings. The Morgan fingerprint density at radius 1 is 1.16 bits per heavy atom. The molecule has 0 heterocycles. The fourth-order valence-electron chi connectivity index (χ4n) is 1.71. The molecule has 1 amide bonds. The number of aromatic hydroxyl groups is 2. The number of phenols is 2. The predicted molar refractivity (Wildman–Crippen MR) is 68.9 cm³/mol. The number of carbonyl (C=O) groups excluding carboxylic acids is 1. The van der Waals surface area contributed by atoms with Crippen LogP contribution in [0.25, 0.3) is 0 Å². The van der Waals surface area contributed by atoms with E-state index in [4.69, 9.17) is 0 Å². The minimum absolute atomic E-state index is 0.0816. The summed E-state index contributed by atoms with van der Waals surface area (Å²) in [7, 11) is 0. The fourth-order valence-corrected chi connectivity index (χ4v) is 1.71. The third-order valence-corrected chi connectivity index (χ3v) is 2.52. The maximum absolute atomic E-state index is 13.2. The van der Waals surface area contributed by atoms with Gasteiger partial charge >= 0.3 is 0 Å². The van der Waals surface area contributed by atoms with Crippen molar-refractivity contribution >= 4 is 11.6 Å². The van der Waals surface area contributed by atoms with E-state index in [1.165, 1.54) is 24.3 Å². The summed E-state index contributed by atoms with van der Waals surface area (Å²) in [6.45, 7) is 1.70. The van der Waals surface area contributed by atoms with Crippen LogP contribution in [0.4, 0.5) is 10.1 Å². The summed E-state index contributed by atoms with van der Waals surface area (Å²) in [5.74, 6) is -1.49. The lowest BCUT2D eigenvalue weighted by Gasteiger charge is -2.08. The summed E-state index contributed by atoms with van der Waals surface area (Å²) in [5, 5.41) is 21.3. The minimum Gasteiger partial charge on any atom is -0.508 e. The van der Waals surface area contributed by atoms with Crippen LogP contribution in [0.5, 0.6) is 11.5 Å². The van der Waals surface area contributed by atoms with Crippen LogP contribution < -0.4 is 5.32 Å². The molecule has 0 saturated carbocycles. The van der Waals surface area contributed by atoms with Gasteiger partial charge in [-0.2, -0.15) is 0 Å². The van der Waals surface area contributed by atoms with Gasteiger partial charge in [-0.05, 0) is 48.9 Å². The molecule has 0 bridgehead atoms. The van der Waals surface area contributed by atoms with E-state index in [1.54, 1.807) is 13.0 Å². The number of anilines is 1. The van der Waals surface area contributed by atoms with Gasteiger partial charge < -0.3 is 15.5 Å². The molecule has 2 aromatic carbocycles. The van der Waals surface area contributed by atoms with Gasteiger partial charge in [-0.25, -0.2) is 4.39 Å². The van der Waals surface area contributed by atoms with Crippen LogP contribution in [0.3, 0.4) is 0 Å². The molecule has 0 aromatic heterocycles. The zero-order valence-electron chi connectivity index (χ0n) is 10.1. The first kappa shape index (κ1) is 12.9. The Morgan fingerprint density at radius 2 is 1.89 bits per heavy atom. The lowest BCUT2D eigenvalue weighted by Crippen LogP contribution is -2.12. The normalized spacial score (nSPS) is 10.2. The second-order valence-corrected chi connectivity index (χ2v) is 4.17. The van der Waals surface area contributed by atoms with Gasteiger partial charge in [-0.3, -0.25) is 4.79 Å². The topological polar surface area (TPSA) is 69.6 Å². The van der Waals surface area contributed by atoms with Crippen LogP contribution in [0.1, 0.15) is 15.9 Å². The zero-order valence-corrected chi connectivity index (χ0v) is 10.1. The number of aryl methyl sites for hydroxylation is 1. The van der Waals surface area contributed by atoms with Crippen molar-refractivity contribution < 1.29 is 19.4 Å². The predicted octanol–water partition coefficient (Wildman–Crippen LogP) is 2.80. The Balaban J connectivity index is 2.28. The van der Waals surface area contributed by atoms with Crippen molar-refractivity contribution in [2.45, 2.75) is 6.92 Å². The molecule has 3 N–H and O–H groups in total. The van der Waals surface area contributed by atoms with Gasteiger partial charge in [0, 0.05) is 5.69 Å². The van der Waals surface area contributed by atoms with Crippen molar-refractivity contribution in [2.75, 3.05) is 5.32 Å².